The fourth-order valence-corrected chi connectivity index (χ4v) is 6.68. The van der Waals surface area contributed by atoms with Crippen molar-refractivity contribution in [2.75, 3.05) is 13.1 Å². The molecule has 0 saturated carbocycles. The van der Waals surface area contributed by atoms with Crippen molar-refractivity contribution in [3.8, 4) is 5.75 Å². The van der Waals surface area contributed by atoms with Crippen LogP contribution in [0, 0.1) is 6.92 Å². The van der Waals surface area contributed by atoms with Gasteiger partial charge in [0.05, 0.1) is 0 Å². The van der Waals surface area contributed by atoms with Gasteiger partial charge in [-0.15, -0.1) is 0 Å². The van der Waals surface area contributed by atoms with Crippen molar-refractivity contribution < 1.29 is 5.11 Å². The van der Waals surface area contributed by atoms with Crippen LogP contribution in [-0.2, 0) is 22.5 Å². The Morgan fingerprint density at radius 3 is 1.94 bits per heavy atom. The van der Waals surface area contributed by atoms with Gasteiger partial charge < -0.3 is 5.11 Å². The number of nitrogens with zero attached hydrogens (tertiary/aromatic N) is 1. The van der Waals surface area contributed by atoms with Crippen molar-refractivity contribution in [3.63, 3.8) is 0 Å². The summed E-state index contributed by atoms with van der Waals surface area (Å²) in [6.45, 7) is 28.0. The molecule has 1 N–H and O–H groups in total. The van der Waals surface area contributed by atoms with E-state index in [-0.39, 0.29) is 16.0 Å². The Bertz CT molecular complexity index is 963. The Hall–Kier alpha value is -1.37. The van der Waals surface area contributed by atoms with Gasteiger partial charge in [-0.05, 0) is 64.8 Å². The summed E-state index contributed by atoms with van der Waals surface area (Å²) in [5.41, 5.74) is 6.21. The van der Waals surface area contributed by atoms with Gasteiger partial charge in [0.2, 0.25) is 0 Å². The normalized spacial score (nSPS) is 14.8. The summed E-state index contributed by atoms with van der Waals surface area (Å²) >= 11 is 0. The minimum Gasteiger partial charge on any atom is -0.507 e. The number of phenolic OH excluding ortho intramolecular Hbond substituents is 1. The van der Waals surface area contributed by atoms with Gasteiger partial charge in [-0.1, -0.05) is 115 Å². The molecule has 190 valence electrons. The van der Waals surface area contributed by atoms with Crippen LogP contribution in [0.1, 0.15) is 110 Å². The number of hydrogen-bond acceptors (Lipinski definition) is 2. The highest BCUT2D eigenvalue weighted by molar-refractivity contribution is 7.48. The first kappa shape index (κ1) is 28.9. The summed E-state index contributed by atoms with van der Waals surface area (Å²) < 4.78 is 0. The van der Waals surface area contributed by atoms with Crippen LogP contribution in [0.5, 0.6) is 5.75 Å². The molecule has 2 atom stereocenters. The SMILES string of the molecule is CCCC(C)(Pc1c(C)cccc1CN(CC)CC)c1cc(C(C)(C)C)cc(C(C)(C)C)c1O. The molecule has 0 heterocycles. The Kier molecular flexibility index (Phi) is 9.45. The van der Waals surface area contributed by atoms with E-state index in [4.69, 9.17) is 0 Å². The fraction of sp³-hybridized carbons (Fsp3) is 0.613. The van der Waals surface area contributed by atoms with Crippen LogP contribution in [0.15, 0.2) is 30.3 Å². The highest BCUT2D eigenvalue weighted by Gasteiger charge is 2.35. The van der Waals surface area contributed by atoms with Gasteiger partial charge in [-0.2, -0.15) is 0 Å². The van der Waals surface area contributed by atoms with Crippen LogP contribution in [0.25, 0.3) is 0 Å². The molecule has 2 nitrogen and oxygen atoms in total. The lowest BCUT2D eigenvalue weighted by atomic mass is 9.77. The molecule has 2 aromatic carbocycles. The van der Waals surface area contributed by atoms with Crippen LogP contribution < -0.4 is 5.30 Å². The molecule has 2 unspecified atom stereocenters. The molecule has 0 amide bonds. The van der Waals surface area contributed by atoms with Crippen LogP contribution >= 0.6 is 8.58 Å². The Balaban J connectivity index is 2.74. The van der Waals surface area contributed by atoms with E-state index in [9.17, 15) is 5.11 Å². The Morgan fingerprint density at radius 1 is 0.853 bits per heavy atom. The van der Waals surface area contributed by atoms with Crippen molar-refractivity contribution in [2.45, 2.75) is 112 Å². The number of benzene rings is 2. The van der Waals surface area contributed by atoms with E-state index in [1.165, 1.54) is 22.0 Å². The highest BCUT2D eigenvalue weighted by atomic mass is 31.1. The number of aryl methyl sites for hydroxylation is 1. The maximum Gasteiger partial charge on any atom is 0.123 e. The second-order valence-electron chi connectivity index (χ2n) is 12.2. The molecule has 34 heavy (non-hydrogen) atoms. The second-order valence-corrected chi connectivity index (χ2v) is 14.1. The smallest absolute Gasteiger partial charge is 0.123 e. The molecule has 0 aromatic heterocycles. The lowest BCUT2D eigenvalue weighted by Crippen LogP contribution is -2.28. The largest absolute Gasteiger partial charge is 0.507 e. The third-order valence-corrected chi connectivity index (χ3v) is 9.21. The molecule has 0 aliphatic carbocycles. The first-order valence-electron chi connectivity index (χ1n) is 13.1. The van der Waals surface area contributed by atoms with Crippen molar-refractivity contribution in [3.05, 3.63) is 58.1 Å². The predicted octanol–water partition coefficient (Wildman–Crippen LogP) is 8.16. The summed E-state index contributed by atoms with van der Waals surface area (Å²) in [5, 5.41) is 13.1. The van der Waals surface area contributed by atoms with Crippen LogP contribution in [-0.4, -0.2) is 23.1 Å². The van der Waals surface area contributed by atoms with E-state index in [1.54, 1.807) is 0 Å². The summed E-state index contributed by atoms with van der Waals surface area (Å²) in [5.74, 6) is 0.503. The van der Waals surface area contributed by atoms with Crippen LogP contribution in [0.3, 0.4) is 0 Å². The minimum atomic E-state index is -0.121. The molecule has 0 aliphatic heterocycles. The van der Waals surface area contributed by atoms with Crippen molar-refractivity contribution in [2.24, 2.45) is 0 Å². The summed E-state index contributed by atoms with van der Waals surface area (Å²) in [7, 11) is 0.602. The molecular weight excluding hydrogens is 433 g/mol. The zero-order valence-electron chi connectivity index (χ0n) is 23.8. The summed E-state index contributed by atoms with van der Waals surface area (Å²) in [4.78, 5) is 2.50. The number of hydrogen-bond donors (Lipinski definition) is 1. The number of aromatic hydroxyl groups is 1. The predicted molar refractivity (Wildman–Crippen MR) is 154 cm³/mol. The average Bonchev–Trinajstić information content (AvgIpc) is 2.72. The maximum absolute atomic E-state index is 11.7. The Labute approximate surface area is 212 Å². The van der Waals surface area contributed by atoms with E-state index < -0.39 is 0 Å². The molecule has 0 spiro atoms. The van der Waals surface area contributed by atoms with Crippen molar-refractivity contribution >= 4 is 13.9 Å². The lowest BCUT2D eigenvalue weighted by molar-refractivity contribution is 0.296. The molecule has 2 aromatic rings. The van der Waals surface area contributed by atoms with Crippen LogP contribution in [0.2, 0.25) is 0 Å². The van der Waals surface area contributed by atoms with E-state index in [0.29, 0.717) is 14.3 Å². The van der Waals surface area contributed by atoms with Gasteiger partial charge in [-0.25, -0.2) is 0 Å². The highest BCUT2D eigenvalue weighted by Crippen LogP contribution is 2.51. The maximum atomic E-state index is 11.7. The fourth-order valence-electron chi connectivity index (χ4n) is 4.83. The number of rotatable bonds is 9. The van der Waals surface area contributed by atoms with Gasteiger partial charge in [0.25, 0.3) is 0 Å². The molecule has 0 saturated heterocycles. The Morgan fingerprint density at radius 2 is 1.44 bits per heavy atom. The second kappa shape index (κ2) is 11.1. The lowest BCUT2D eigenvalue weighted by Gasteiger charge is -2.36. The van der Waals surface area contributed by atoms with Gasteiger partial charge in [0, 0.05) is 17.3 Å². The molecule has 2 rings (SSSR count). The summed E-state index contributed by atoms with van der Waals surface area (Å²) in [6, 6.07) is 11.3. The van der Waals surface area contributed by atoms with E-state index in [1.807, 2.05) is 0 Å². The first-order valence-corrected chi connectivity index (χ1v) is 14.1. The molecule has 0 bridgehead atoms. The quantitative estimate of drug-likeness (QED) is 0.364. The third-order valence-electron chi connectivity index (χ3n) is 7.18. The van der Waals surface area contributed by atoms with E-state index in [0.717, 1.165) is 43.6 Å². The van der Waals surface area contributed by atoms with Gasteiger partial charge in [0.1, 0.15) is 5.75 Å². The number of phenols is 1. The molecular formula is C31H50NOP. The third kappa shape index (κ3) is 6.64. The zero-order chi connectivity index (χ0) is 25.9. The first-order chi connectivity index (χ1) is 15.7. The standard InChI is InChI=1S/C31H50NOP/c1-12-18-31(11,34-28-22(4)16-15-17-23(28)21-32(13-2)14-3)26-20-24(29(5,6)7)19-25(27(26)33)30(8,9)10/h15-17,19-20,33-34H,12-14,18,21H2,1-11H3. The average molecular weight is 484 g/mol. The van der Waals surface area contributed by atoms with Crippen molar-refractivity contribution in [1.29, 1.82) is 0 Å². The van der Waals surface area contributed by atoms with Gasteiger partial charge in [0.15, 0.2) is 0 Å². The monoisotopic (exact) mass is 483 g/mol. The molecule has 0 radical (unpaired) electrons. The van der Waals surface area contributed by atoms with Gasteiger partial charge in [-0.3, -0.25) is 4.90 Å². The van der Waals surface area contributed by atoms with Crippen molar-refractivity contribution in [1.82, 2.24) is 4.90 Å². The zero-order valence-corrected chi connectivity index (χ0v) is 24.8. The summed E-state index contributed by atoms with van der Waals surface area (Å²) in [6.07, 6.45) is 2.14. The molecule has 3 heteroatoms. The van der Waals surface area contributed by atoms with E-state index >= 15 is 0 Å². The van der Waals surface area contributed by atoms with E-state index in [2.05, 4.69) is 111 Å². The minimum absolute atomic E-state index is 0.0231. The topological polar surface area (TPSA) is 23.5 Å². The van der Waals surface area contributed by atoms with Gasteiger partial charge >= 0.3 is 0 Å². The van der Waals surface area contributed by atoms with Crippen LogP contribution in [0.4, 0.5) is 0 Å². The molecule has 0 fully saturated rings. The molecule has 0 aliphatic rings.